The molecule has 2 nitrogen and oxygen atoms in total. The van der Waals surface area contributed by atoms with Gasteiger partial charge >= 0.3 is 0 Å². The second kappa shape index (κ2) is 3.38. The Morgan fingerprint density at radius 2 is 2.23 bits per heavy atom. The van der Waals surface area contributed by atoms with E-state index in [1.807, 2.05) is 31.2 Å². The minimum atomic E-state index is 0.0859. The molecule has 0 amide bonds. The summed E-state index contributed by atoms with van der Waals surface area (Å²) in [4.78, 5) is 0. The van der Waals surface area contributed by atoms with E-state index in [4.69, 9.17) is 10.5 Å². The second-order valence-corrected chi connectivity index (χ2v) is 3.68. The quantitative estimate of drug-likeness (QED) is 0.768. The van der Waals surface area contributed by atoms with E-state index in [1.54, 1.807) is 0 Å². The van der Waals surface area contributed by atoms with Crippen LogP contribution in [0, 0.1) is 0 Å². The average molecular weight is 177 g/mol. The van der Waals surface area contributed by atoms with Crippen molar-refractivity contribution in [2.24, 2.45) is 5.73 Å². The molecule has 0 bridgehead atoms. The molecule has 2 rings (SSSR count). The van der Waals surface area contributed by atoms with Gasteiger partial charge in [0.15, 0.2) is 0 Å². The van der Waals surface area contributed by atoms with Gasteiger partial charge in [-0.1, -0.05) is 12.1 Å². The van der Waals surface area contributed by atoms with Crippen LogP contribution < -0.4 is 10.5 Å². The smallest absolute Gasteiger partial charge is 0.120 e. The number of rotatable bonds is 3. The highest BCUT2D eigenvalue weighted by molar-refractivity contribution is 5.30. The van der Waals surface area contributed by atoms with Crippen LogP contribution in [0.5, 0.6) is 5.75 Å². The summed E-state index contributed by atoms with van der Waals surface area (Å²) in [5, 5.41) is 0. The zero-order valence-corrected chi connectivity index (χ0v) is 7.86. The lowest BCUT2D eigenvalue weighted by molar-refractivity contribution is 0.303. The molecule has 1 aromatic rings. The third-order valence-electron chi connectivity index (χ3n) is 2.21. The Morgan fingerprint density at radius 1 is 1.46 bits per heavy atom. The van der Waals surface area contributed by atoms with Crippen LogP contribution in [0.3, 0.4) is 0 Å². The van der Waals surface area contributed by atoms with Gasteiger partial charge in [0.05, 0.1) is 6.10 Å². The van der Waals surface area contributed by atoms with Crippen molar-refractivity contribution in [2.45, 2.75) is 31.9 Å². The first-order valence-corrected chi connectivity index (χ1v) is 4.78. The van der Waals surface area contributed by atoms with Crippen molar-refractivity contribution in [1.29, 1.82) is 0 Å². The molecule has 1 fully saturated rings. The van der Waals surface area contributed by atoms with Gasteiger partial charge in [0.2, 0.25) is 0 Å². The molecule has 0 heterocycles. The second-order valence-electron chi connectivity index (χ2n) is 3.68. The van der Waals surface area contributed by atoms with E-state index >= 15 is 0 Å². The molecule has 0 spiro atoms. The van der Waals surface area contributed by atoms with E-state index in [2.05, 4.69) is 0 Å². The first-order valence-electron chi connectivity index (χ1n) is 4.78. The summed E-state index contributed by atoms with van der Waals surface area (Å²) in [6, 6.07) is 8.14. The third-order valence-corrected chi connectivity index (χ3v) is 2.21. The van der Waals surface area contributed by atoms with Crippen molar-refractivity contribution in [3.8, 4) is 5.75 Å². The van der Waals surface area contributed by atoms with Crippen LogP contribution in [0.15, 0.2) is 24.3 Å². The fourth-order valence-electron chi connectivity index (χ4n) is 1.25. The summed E-state index contributed by atoms with van der Waals surface area (Å²) in [5.74, 6) is 0.956. The van der Waals surface area contributed by atoms with Gasteiger partial charge in [-0.05, 0) is 37.5 Å². The lowest BCUT2D eigenvalue weighted by Crippen LogP contribution is -2.05. The van der Waals surface area contributed by atoms with Gasteiger partial charge in [0, 0.05) is 6.04 Å². The molecule has 1 saturated carbocycles. The summed E-state index contributed by atoms with van der Waals surface area (Å²) in [6.45, 7) is 1.98. The fourth-order valence-corrected chi connectivity index (χ4v) is 1.25. The molecule has 0 radical (unpaired) electrons. The van der Waals surface area contributed by atoms with Gasteiger partial charge in [-0.25, -0.2) is 0 Å². The van der Waals surface area contributed by atoms with Crippen molar-refractivity contribution < 1.29 is 4.74 Å². The fraction of sp³-hybridized carbons (Fsp3) is 0.455. The van der Waals surface area contributed by atoms with Crippen molar-refractivity contribution in [2.75, 3.05) is 0 Å². The summed E-state index contributed by atoms with van der Waals surface area (Å²) in [6.07, 6.45) is 2.86. The zero-order chi connectivity index (χ0) is 9.26. The van der Waals surface area contributed by atoms with Crippen LogP contribution in [0.25, 0.3) is 0 Å². The molecule has 0 aliphatic heterocycles. The maximum Gasteiger partial charge on any atom is 0.120 e. The maximum absolute atomic E-state index is 5.77. The summed E-state index contributed by atoms with van der Waals surface area (Å²) in [5.41, 5.74) is 6.91. The molecule has 0 saturated heterocycles. The molecule has 1 unspecified atom stereocenters. The molecule has 1 aliphatic carbocycles. The highest BCUT2D eigenvalue weighted by Gasteiger charge is 2.23. The Bertz CT molecular complexity index is 292. The van der Waals surface area contributed by atoms with E-state index in [-0.39, 0.29) is 6.04 Å². The molecule has 1 aromatic carbocycles. The number of nitrogens with two attached hydrogens (primary N) is 1. The first kappa shape index (κ1) is 8.57. The molecular weight excluding hydrogens is 162 g/mol. The van der Waals surface area contributed by atoms with E-state index in [9.17, 15) is 0 Å². The number of hydrogen-bond donors (Lipinski definition) is 1. The summed E-state index contributed by atoms with van der Waals surface area (Å²) < 4.78 is 5.66. The van der Waals surface area contributed by atoms with Crippen LogP contribution in [-0.4, -0.2) is 6.10 Å². The molecule has 0 aromatic heterocycles. The van der Waals surface area contributed by atoms with Gasteiger partial charge in [-0.3, -0.25) is 0 Å². The van der Waals surface area contributed by atoms with Crippen molar-refractivity contribution >= 4 is 0 Å². The van der Waals surface area contributed by atoms with Crippen LogP contribution in [0.4, 0.5) is 0 Å². The van der Waals surface area contributed by atoms with Crippen LogP contribution in [0.2, 0.25) is 0 Å². The van der Waals surface area contributed by atoms with Crippen molar-refractivity contribution in [3.63, 3.8) is 0 Å². The maximum atomic E-state index is 5.77. The number of ether oxygens (including phenoxy) is 1. The molecule has 2 N–H and O–H groups in total. The lowest BCUT2D eigenvalue weighted by Gasteiger charge is -2.08. The van der Waals surface area contributed by atoms with Crippen LogP contribution >= 0.6 is 0 Å². The molecular formula is C11H15NO. The lowest BCUT2D eigenvalue weighted by atomic mass is 10.1. The minimum absolute atomic E-state index is 0.0859. The van der Waals surface area contributed by atoms with Gasteiger partial charge in [0.25, 0.3) is 0 Å². The Kier molecular flexibility index (Phi) is 2.23. The van der Waals surface area contributed by atoms with Gasteiger partial charge in [0.1, 0.15) is 5.75 Å². The van der Waals surface area contributed by atoms with Gasteiger partial charge < -0.3 is 10.5 Å². The van der Waals surface area contributed by atoms with E-state index in [0.717, 1.165) is 11.3 Å². The molecule has 70 valence electrons. The van der Waals surface area contributed by atoms with Gasteiger partial charge in [-0.15, -0.1) is 0 Å². The SMILES string of the molecule is CC(N)c1cccc(OC2CC2)c1. The van der Waals surface area contributed by atoms with Crippen molar-refractivity contribution in [1.82, 2.24) is 0 Å². The highest BCUT2D eigenvalue weighted by atomic mass is 16.5. The summed E-state index contributed by atoms with van der Waals surface area (Å²) >= 11 is 0. The topological polar surface area (TPSA) is 35.2 Å². The zero-order valence-electron chi connectivity index (χ0n) is 7.86. The Balaban J connectivity index is 2.11. The van der Waals surface area contributed by atoms with E-state index in [0.29, 0.717) is 6.10 Å². The molecule has 1 aliphatic rings. The van der Waals surface area contributed by atoms with Crippen LogP contribution in [-0.2, 0) is 0 Å². The van der Waals surface area contributed by atoms with Crippen LogP contribution in [0.1, 0.15) is 31.4 Å². The Morgan fingerprint density at radius 3 is 2.85 bits per heavy atom. The predicted molar refractivity (Wildman–Crippen MR) is 52.7 cm³/mol. The first-order chi connectivity index (χ1) is 6.25. The Hall–Kier alpha value is -1.02. The normalized spacial score (nSPS) is 18.3. The average Bonchev–Trinajstić information content (AvgIpc) is 2.89. The highest BCUT2D eigenvalue weighted by Crippen LogP contribution is 2.27. The third kappa shape index (κ3) is 2.22. The molecule has 2 heteroatoms. The standard InChI is InChI=1S/C11H15NO/c1-8(12)9-3-2-4-11(7-9)13-10-5-6-10/h2-4,7-8,10H,5-6,12H2,1H3. The van der Waals surface area contributed by atoms with E-state index < -0.39 is 0 Å². The monoisotopic (exact) mass is 177 g/mol. The largest absolute Gasteiger partial charge is 0.490 e. The Labute approximate surface area is 78.7 Å². The minimum Gasteiger partial charge on any atom is -0.490 e. The van der Waals surface area contributed by atoms with E-state index in [1.165, 1.54) is 12.8 Å². The number of benzene rings is 1. The molecule has 1 atom stereocenters. The van der Waals surface area contributed by atoms with Crippen molar-refractivity contribution in [3.05, 3.63) is 29.8 Å². The predicted octanol–water partition coefficient (Wildman–Crippen LogP) is 2.25. The number of hydrogen-bond acceptors (Lipinski definition) is 2. The van der Waals surface area contributed by atoms with Gasteiger partial charge in [-0.2, -0.15) is 0 Å². The summed E-state index contributed by atoms with van der Waals surface area (Å²) in [7, 11) is 0. The molecule has 13 heavy (non-hydrogen) atoms.